The van der Waals surface area contributed by atoms with E-state index in [1.165, 1.54) is 12.1 Å². The van der Waals surface area contributed by atoms with E-state index < -0.39 is 17.9 Å². The zero-order chi connectivity index (χ0) is 14.0. The Hall–Kier alpha value is -1.30. The summed E-state index contributed by atoms with van der Waals surface area (Å²) >= 11 is 0. The van der Waals surface area contributed by atoms with Gasteiger partial charge in [-0.3, -0.25) is 0 Å². The molecule has 18 heavy (non-hydrogen) atoms. The highest BCUT2D eigenvalue weighted by Gasteiger charge is 2.32. The molecule has 0 aliphatic rings. The second-order valence-corrected chi connectivity index (χ2v) is 5.05. The van der Waals surface area contributed by atoms with E-state index >= 15 is 0 Å². The second kappa shape index (κ2) is 5.14. The number of hydrogen-bond acceptors (Lipinski definition) is 1. The third-order valence-corrected chi connectivity index (χ3v) is 2.20. The van der Waals surface area contributed by atoms with Crippen LogP contribution in [0.15, 0.2) is 18.2 Å². The van der Waals surface area contributed by atoms with Crippen LogP contribution in [0.25, 0.3) is 0 Å². The highest BCUT2D eigenvalue weighted by Crippen LogP contribution is 2.26. The van der Waals surface area contributed by atoms with Crippen LogP contribution in [0.4, 0.5) is 17.6 Å². The maximum atomic E-state index is 13.7. The fourth-order valence-electron chi connectivity index (χ4n) is 1.33. The zero-order valence-electron chi connectivity index (χ0n) is 10.4. The minimum atomic E-state index is -4.88. The maximum absolute atomic E-state index is 13.7. The molecule has 0 atom stereocenters. The Morgan fingerprint density at radius 3 is 2.28 bits per heavy atom. The molecule has 0 radical (unpaired) electrons. The van der Waals surface area contributed by atoms with Crippen molar-refractivity contribution in [1.29, 1.82) is 0 Å². The van der Waals surface area contributed by atoms with Gasteiger partial charge in [0.1, 0.15) is 6.54 Å². The molecular formula is C12H16F4NO+. The van der Waals surface area contributed by atoms with E-state index in [1.54, 1.807) is 0 Å². The van der Waals surface area contributed by atoms with E-state index in [1.807, 2.05) is 26.1 Å². The van der Waals surface area contributed by atoms with Crippen LogP contribution in [0.2, 0.25) is 0 Å². The molecule has 0 aliphatic heterocycles. The first-order valence-corrected chi connectivity index (χ1v) is 5.46. The standard InChI is InChI=1S/C12H15F4NO/c1-11(2,3)17-7-8-5-4-6-9(10(8)13)18-12(14,15)16/h4-6,17H,7H2,1-3H3/p+1. The molecule has 0 bridgehead atoms. The first-order valence-electron chi connectivity index (χ1n) is 5.46. The van der Waals surface area contributed by atoms with E-state index in [2.05, 4.69) is 4.74 Å². The lowest BCUT2D eigenvalue weighted by atomic mass is 10.1. The number of halogens is 4. The van der Waals surface area contributed by atoms with Gasteiger partial charge in [0, 0.05) is 5.56 Å². The SMILES string of the molecule is CC(C)(C)[NH2+]Cc1cccc(OC(F)(F)F)c1F. The minimum Gasteiger partial charge on any atom is -0.403 e. The molecule has 0 fully saturated rings. The Bertz CT molecular complexity index is 410. The predicted octanol–water partition coefficient (Wildman–Crippen LogP) is 2.59. The molecule has 0 saturated carbocycles. The summed E-state index contributed by atoms with van der Waals surface area (Å²) in [6.07, 6.45) is -4.88. The number of rotatable bonds is 3. The second-order valence-electron chi connectivity index (χ2n) is 5.05. The molecule has 0 unspecified atom stereocenters. The van der Waals surface area contributed by atoms with Crippen LogP contribution in [0.1, 0.15) is 26.3 Å². The van der Waals surface area contributed by atoms with E-state index in [9.17, 15) is 17.6 Å². The van der Waals surface area contributed by atoms with Crippen molar-refractivity contribution in [2.45, 2.75) is 39.2 Å². The van der Waals surface area contributed by atoms with Gasteiger partial charge in [0.15, 0.2) is 11.6 Å². The van der Waals surface area contributed by atoms with Crippen molar-refractivity contribution in [1.82, 2.24) is 0 Å². The van der Waals surface area contributed by atoms with Gasteiger partial charge in [0.05, 0.1) is 5.54 Å². The van der Waals surface area contributed by atoms with Crippen LogP contribution in [-0.2, 0) is 6.54 Å². The van der Waals surface area contributed by atoms with Crippen molar-refractivity contribution >= 4 is 0 Å². The molecule has 1 aromatic rings. The number of nitrogens with two attached hydrogens (primary N) is 1. The van der Waals surface area contributed by atoms with Gasteiger partial charge in [0.25, 0.3) is 0 Å². The number of quaternary nitrogens is 1. The van der Waals surface area contributed by atoms with Crippen LogP contribution in [0.3, 0.4) is 0 Å². The quantitative estimate of drug-likeness (QED) is 0.836. The molecule has 0 amide bonds. The number of benzene rings is 1. The highest BCUT2D eigenvalue weighted by molar-refractivity contribution is 5.30. The highest BCUT2D eigenvalue weighted by atomic mass is 19.4. The maximum Gasteiger partial charge on any atom is 0.573 e. The molecule has 1 rings (SSSR count). The van der Waals surface area contributed by atoms with Crippen molar-refractivity contribution in [3.05, 3.63) is 29.6 Å². The van der Waals surface area contributed by atoms with Crippen LogP contribution in [0.5, 0.6) is 5.75 Å². The third-order valence-electron chi connectivity index (χ3n) is 2.20. The first-order chi connectivity index (χ1) is 8.08. The van der Waals surface area contributed by atoms with Gasteiger partial charge in [-0.15, -0.1) is 13.2 Å². The Kier molecular flexibility index (Phi) is 4.21. The Labute approximate surface area is 103 Å². The van der Waals surface area contributed by atoms with Gasteiger partial charge in [-0.05, 0) is 26.8 Å². The van der Waals surface area contributed by atoms with Gasteiger partial charge in [-0.2, -0.15) is 0 Å². The molecule has 0 heterocycles. The molecule has 0 aliphatic carbocycles. The van der Waals surface area contributed by atoms with Crippen LogP contribution in [-0.4, -0.2) is 11.9 Å². The minimum absolute atomic E-state index is 0.132. The predicted molar refractivity (Wildman–Crippen MR) is 58.5 cm³/mol. The van der Waals surface area contributed by atoms with Crippen LogP contribution < -0.4 is 10.1 Å². The Morgan fingerprint density at radius 2 is 1.78 bits per heavy atom. The summed E-state index contributed by atoms with van der Waals surface area (Å²) in [5.41, 5.74) is 0.0551. The van der Waals surface area contributed by atoms with Crippen molar-refractivity contribution in [2.24, 2.45) is 0 Å². The van der Waals surface area contributed by atoms with Crippen LogP contribution >= 0.6 is 0 Å². The monoisotopic (exact) mass is 266 g/mol. The zero-order valence-corrected chi connectivity index (χ0v) is 10.4. The summed E-state index contributed by atoms with van der Waals surface area (Å²) in [6, 6.07) is 3.75. The molecule has 6 heteroatoms. The van der Waals surface area contributed by atoms with Crippen molar-refractivity contribution in [3.63, 3.8) is 0 Å². The average Bonchev–Trinajstić information content (AvgIpc) is 2.16. The average molecular weight is 266 g/mol. The van der Waals surface area contributed by atoms with Crippen molar-refractivity contribution in [3.8, 4) is 5.75 Å². The van der Waals surface area contributed by atoms with E-state index in [0.717, 1.165) is 6.07 Å². The summed E-state index contributed by atoms with van der Waals surface area (Å²) in [7, 11) is 0. The topological polar surface area (TPSA) is 25.8 Å². The van der Waals surface area contributed by atoms with Crippen LogP contribution in [0, 0.1) is 5.82 Å². The number of alkyl halides is 3. The largest absolute Gasteiger partial charge is 0.573 e. The fourth-order valence-corrected chi connectivity index (χ4v) is 1.33. The lowest BCUT2D eigenvalue weighted by Gasteiger charge is -2.17. The first kappa shape index (κ1) is 14.8. The molecule has 102 valence electrons. The van der Waals surface area contributed by atoms with Gasteiger partial charge in [-0.1, -0.05) is 12.1 Å². The van der Waals surface area contributed by atoms with E-state index in [4.69, 9.17) is 0 Å². The summed E-state index contributed by atoms with van der Waals surface area (Å²) in [4.78, 5) is 0. The molecule has 0 aromatic heterocycles. The smallest absolute Gasteiger partial charge is 0.403 e. The molecule has 0 saturated heterocycles. The van der Waals surface area contributed by atoms with E-state index in [-0.39, 0.29) is 17.6 Å². The summed E-state index contributed by atoms with van der Waals surface area (Å²) in [5, 5.41) is 1.84. The number of ether oxygens (including phenoxy) is 1. The van der Waals surface area contributed by atoms with E-state index in [0.29, 0.717) is 0 Å². The number of hydrogen-bond donors (Lipinski definition) is 1. The molecule has 2 N–H and O–H groups in total. The summed E-state index contributed by atoms with van der Waals surface area (Å²) in [6.45, 7) is 6.05. The van der Waals surface area contributed by atoms with Gasteiger partial charge >= 0.3 is 6.36 Å². The van der Waals surface area contributed by atoms with Gasteiger partial charge in [0.2, 0.25) is 0 Å². The lowest BCUT2D eigenvalue weighted by Crippen LogP contribution is -2.93. The van der Waals surface area contributed by atoms with Gasteiger partial charge in [-0.25, -0.2) is 4.39 Å². The molecule has 0 spiro atoms. The van der Waals surface area contributed by atoms with Crippen molar-refractivity contribution < 1.29 is 27.6 Å². The lowest BCUT2D eigenvalue weighted by molar-refractivity contribution is -0.731. The fraction of sp³-hybridized carbons (Fsp3) is 0.500. The Balaban J connectivity index is 2.85. The van der Waals surface area contributed by atoms with Crippen molar-refractivity contribution in [2.75, 3.05) is 0 Å². The summed E-state index contributed by atoms with van der Waals surface area (Å²) < 4.78 is 53.4. The summed E-state index contributed by atoms with van der Waals surface area (Å²) in [5.74, 6) is -1.75. The third kappa shape index (κ3) is 4.91. The molecular weight excluding hydrogens is 250 g/mol. The normalized spacial score (nSPS) is 12.6. The Morgan fingerprint density at radius 1 is 1.17 bits per heavy atom. The molecule has 1 aromatic carbocycles. The van der Waals surface area contributed by atoms with Gasteiger partial charge < -0.3 is 10.1 Å². The molecule has 2 nitrogen and oxygen atoms in total.